The van der Waals surface area contributed by atoms with Gasteiger partial charge in [-0.1, -0.05) is 6.92 Å². The standard InChI is InChI=1S/C15H23N3O2S/c1-10-9-18(6-7-21-10)11(2)15(19)17-13-8-12(16)4-5-14(13)20-3/h4-5,8,10-11H,6-7,9,16H2,1-3H3,(H,17,19). The average molecular weight is 309 g/mol. The molecule has 2 atom stereocenters. The van der Waals surface area contributed by atoms with Gasteiger partial charge in [-0.2, -0.15) is 11.8 Å². The second-order valence-corrected chi connectivity index (χ2v) is 6.85. The van der Waals surface area contributed by atoms with Crippen LogP contribution in [-0.4, -0.2) is 48.1 Å². The molecule has 0 aliphatic carbocycles. The summed E-state index contributed by atoms with van der Waals surface area (Å²) in [5, 5.41) is 3.49. The molecule has 6 heteroatoms. The molecule has 0 bridgehead atoms. The lowest BCUT2D eigenvalue weighted by Crippen LogP contribution is -2.47. The molecular weight excluding hydrogens is 286 g/mol. The number of nitrogen functional groups attached to an aromatic ring is 1. The van der Waals surface area contributed by atoms with Gasteiger partial charge in [0.15, 0.2) is 0 Å². The molecule has 1 aromatic carbocycles. The van der Waals surface area contributed by atoms with E-state index < -0.39 is 0 Å². The Bertz CT molecular complexity index is 510. The van der Waals surface area contributed by atoms with Crippen molar-refractivity contribution in [3.05, 3.63) is 18.2 Å². The number of amides is 1. The minimum atomic E-state index is -0.167. The maximum atomic E-state index is 12.4. The molecule has 2 unspecified atom stereocenters. The topological polar surface area (TPSA) is 67.6 Å². The van der Waals surface area contributed by atoms with Crippen LogP contribution in [-0.2, 0) is 4.79 Å². The Hall–Kier alpha value is -1.40. The van der Waals surface area contributed by atoms with Gasteiger partial charge < -0.3 is 15.8 Å². The molecule has 1 aliphatic rings. The molecule has 0 spiro atoms. The second-order valence-electron chi connectivity index (χ2n) is 5.30. The van der Waals surface area contributed by atoms with E-state index in [0.29, 0.717) is 22.4 Å². The lowest BCUT2D eigenvalue weighted by atomic mass is 10.2. The van der Waals surface area contributed by atoms with Gasteiger partial charge in [-0.25, -0.2) is 0 Å². The van der Waals surface area contributed by atoms with Crippen molar-refractivity contribution in [3.63, 3.8) is 0 Å². The number of nitrogens with one attached hydrogen (secondary N) is 1. The number of benzene rings is 1. The highest BCUT2D eigenvalue weighted by Crippen LogP contribution is 2.27. The molecule has 1 aromatic rings. The van der Waals surface area contributed by atoms with E-state index in [1.54, 1.807) is 25.3 Å². The van der Waals surface area contributed by atoms with Crippen molar-refractivity contribution in [1.29, 1.82) is 0 Å². The SMILES string of the molecule is COc1ccc(N)cc1NC(=O)C(C)N1CCSC(C)C1. The molecule has 1 aliphatic heterocycles. The number of methoxy groups -OCH3 is 1. The van der Waals surface area contributed by atoms with Crippen molar-refractivity contribution >= 4 is 29.0 Å². The first kappa shape index (κ1) is 16.0. The molecule has 1 saturated heterocycles. The van der Waals surface area contributed by atoms with Crippen molar-refractivity contribution in [3.8, 4) is 5.75 Å². The quantitative estimate of drug-likeness (QED) is 0.833. The summed E-state index contributed by atoms with van der Waals surface area (Å²) >= 11 is 1.95. The summed E-state index contributed by atoms with van der Waals surface area (Å²) in [7, 11) is 1.58. The van der Waals surface area contributed by atoms with Gasteiger partial charge in [0.25, 0.3) is 0 Å². The van der Waals surface area contributed by atoms with Crippen LogP contribution in [0.3, 0.4) is 0 Å². The highest BCUT2D eigenvalue weighted by Gasteiger charge is 2.26. The maximum absolute atomic E-state index is 12.4. The van der Waals surface area contributed by atoms with Crippen molar-refractivity contribution < 1.29 is 9.53 Å². The third kappa shape index (κ3) is 4.04. The highest BCUT2D eigenvalue weighted by atomic mass is 32.2. The Balaban J connectivity index is 2.05. The van der Waals surface area contributed by atoms with Gasteiger partial charge in [-0.15, -0.1) is 0 Å². The zero-order valence-electron chi connectivity index (χ0n) is 12.8. The Morgan fingerprint density at radius 3 is 3.00 bits per heavy atom. The van der Waals surface area contributed by atoms with Gasteiger partial charge in [0, 0.05) is 29.8 Å². The van der Waals surface area contributed by atoms with E-state index in [4.69, 9.17) is 10.5 Å². The van der Waals surface area contributed by atoms with Gasteiger partial charge in [0.1, 0.15) is 5.75 Å². The van der Waals surface area contributed by atoms with Crippen LogP contribution < -0.4 is 15.8 Å². The highest BCUT2D eigenvalue weighted by molar-refractivity contribution is 7.99. The molecule has 3 N–H and O–H groups in total. The third-order valence-electron chi connectivity index (χ3n) is 3.68. The summed E-state index contributed by atoms with van der Waals surface area (Å²) in [6.07, 6.45) is 0. The Kier molecular flexibility index (Phi) is 5.36. The molecule has 2 rings (SSSR count). The molecule has 116 valence electrons. The summed E-state index contributed by atoms with van der Waals surface area (Å²) in [4.78, 5) is 14.7. The van der Waals surface area contributed by atoms with Crippen molar-refractivity contribution in [1.82, 2.24) is 4.90 Å². The number of carbonyl (C=O) groups is 1. The van der Waals surface area contributed by atoms with E-state index in [1.807, 2.05) is 18.7 Å². The van der Waals surface area contributed by atoms with Crippen molar-refractivity contribution in [2.24, 2.45) is 0 Å². The fraction of sp³-hybridized carbons (Fsp3) is 0.533. The second kappa shape index (κ2) is 7.04. The summed E-state index contributed by atoms with van der Waals surface area (Å²) in [6, 6.07) is 5.06. The van der Waals surface area contributed by atoms with Gasteiger partial charge in [-0.3, -0.25) is 9.69 Å². The molecule has 1 amide bonds. The molecule has 0 saturated carbocycles. The van der Waals surface area contributed by atoms with Gasteiger partial charge in [0.05, 0.1) is 18.8 Å². The number of nitrogens with two attached hydrogens (primary N) is 1. The number of rotatable bonds is 4. The number of hydrogen-bond donors (Lipinski definition) is 2. The normalized spacial score (nSPS) is 20.8. The first-order valence-corrected chi connectivity index (χ1v) is 8.16. The average Bonchev–Trinajstić information content (AvgIpc) is 2.46. The zero-order valence-corrected chi connectivity index (χ0v) is 13.6. The zero-order chi connectivity index (χ0) is 15.4. The Morgan fingerprint density at radius 1 is 1.57 bits per heavy atom. The van der Waals surface area contributed by atoms with Crippen LogP contribution in [0.2, 0.25) is 0 Å². The van der Waals surface area contributed by atoms with E-state index >= 15 is 0 Å². The molecule has 0 aromatic heterocycles. The molecular formula is C15H23N3O2S. The van der Waals surface area contributed by atoms with Crippen LogP contribution in [0.4, 0.5) is 11.4 Å². The minimum Gasteiger partial charge on any atom is -0.495 e. The smallest absolute Gasteiger partial charge is 0.241 e. The fourth-order valence-electron chi connectivity index (χ4n) is 2.42. The van der Waals surface area contributed by atoms with Crippen LogP contribution in [0.1, 0.15) is 13.8 Å². The largest absolute Gasteiger partial charge is 0.495 e. The van der Waals surface area contributed by atoms with Crippen LogP contribution in [0.25, 0.3) is 0 Å². The third-order valence-corrected chi connectivity index (χ3v) is 4.82. The van der Waals surface area contributed by atoms with E-state index in [2.05, 4.69) is 17.1 Å². The predicted molar refractivity (Wildman–Crippen MR) is 89.0 cm³/mol. The first-order chi connectivity index (χ1) is 10.0. The Labute approximate surface area is 130 Å². The molecule has 1 heterocycles. The van der Waals surface area contributed by atoms with Gasteiger partial charge in [-0.05, 0) is 25.1 Å². The van der Waals surface area contributed by atoms with Crippen LogP contribution in [0.15, 0.2) is 18.2 Å². The lowest BCUT2D eigenvalue weighted by Gasteiger charge is -2.34. The van der Waals surface area contributed by atoms with Gasteiger partial charge >= 0.3 is 0 Å². The molecule has 1 fully saturated rings. The summed E-state index contributed by atoms with van der Waals surface area (Å²) in [5.74, 6) is 1.66. The molecule has 21 heavy (non-hydrogen) atoms. The number of ether oxygens (including phenoxy) is 1. The fourth-order valence-corrected chi connectivity index (χ4v) is 3.46. The summed E-state index contributed by atoms with van der Waals surface area (Å²) in [5.41, 5.74) is 6.99. The summed E-state index contributed by atoms with van der Waals surface area (Å²) < 4.78 is 5.26. The number of thioether (sulfide) groups is 1. The maximum Gasteiger partial charge on any atom is 0.241 e. The number of hydrogen-bond acceptors (Lipinski definition) is 5. The monoisotopic (exact) mass is 309 g/mol. The van der Waals surface area contributed by atoms with Crippen molar-refractivity contribution in [2.75, 3.05) is 37.0 Å². The number of anilines is 2. The van der Waals surface area contributed by atoms with Crippen molar-refractivity contribution in [2.45, 2.75) is 25.1 Å². The predicted octanol–water partition coefficient (Wildman–Crippen LogP) is 2.04. The van der Waals surface area contributed by atoms with E-state index in [1.165, 1.54) is 0 Å². The van der Waals surface area contributed by atoms with Crippen LogP contribution in [0, 0.1) is 0 Å². The lowest BCUT2D eigenvalue weighted by molar-refractivity contribution is -0.120. The number of nitrogens with zero attached hydrogens (tertiary/aromatic N) is 1. The first-order valence-electron chi connectivity index (χ1n) is 7.11. The van der Waals surface area contributed by atoms with Crippen LogP contribution >= 0.6 is 11.8 Å². The van der Waals surface area contributed by atoms with E-state index in [0.717, 1.165) is 18.8 Å². The minimum absolute atomic E-state index is 0.0296. The Morgan fingerprint density at radius 2 is 2.33 bits per heavy atom. The van der Waals surface area contributed by atoms with E-state index in [-0.39, 0.29) is 11.9 Å². The molecule has 5 nitrogen and oxygen atoms in total. The molecule has 0 radical (unpaired) electrons. The summed E-state index contributed by atoms with van der Waals surface area (Å²) in [6.45, 7) is 6.02. The van der Waals surface area contributed by atoms with Gasteiger partial charge in [0.2, 0.25) is 5.91 Å². The number of carbonyl (C=O) groups excluding carboxylic acids is 1. The van der Waals surface area contributed by atoms with E-state index in [9.17, 15) is 4.79 Å². The van der Waals surface area contributed by atoms with Crippen LogP contribution in [0.5, 0.6) is 5.75 Å².